The smallest absolute Gasteiger partial charge is 0.0503 e. The molecule has 0 saturated heterocycles. The van der Waals surface area contributed by atoms with Crippen molar-refractivity contribution >= 4 is 0 Å². The van der Waals surface area contributed by atoms with Gasteiger partial charge in [-0.2, -0.15) is 0 Å². The number of rotatable bonds is 3. The maximum absolute atomic E-state index is 5.74. The summed E-state index contributed by atoms with van der Waals surface area (Å²) in [6.45, 7) is 4.35. The van der Waals surface area contributed by atoms with E-state index in [1.54, 1.807) is 0 Å². The Morgan fingerprint density at radius 3 is 2.82 bits per heavy atom. The lowest BCUT2D eigenvalue weighted by Crippen LogP contribution is -2.35. The second-order valence-corrected chi connectivity index (χ2v) is 5.41. The largest absolute Gasteiger partial charge is 0.271 e. The lowest BCUT2D eigenvalue weighted by Gasteiger charge is -2.33. The van der Waals surface area contributed by atoms with E-state index in [1.165, 1.54) is 31.2 Å². The molecule has 17 heavy (non-hydrogen) atoms. The Morgan fingerprint density at radius 2 is 2.24 bits per heavy atom. The van der Waals surface area contributed by atoms with Gasteiger partial charge in [0.05, 0.1) is 6.04 Å². The van der Waals surface area contributed by atoms with Crippen LogP contribution in [-0.2, 0) is 0 Å². The highest BCUT2D eigenvalue weighted by atomic mass is 15.2. The summed E-state index contributed by atoms with van der Waals surface area (Å²) >= 11 is 0. The molecule has 94 valence electrons. The van der Waals surface area contributed by atoms with Crippen LogP contribution in [0.25, 0.3) is 0 Å². The Kier molecular flexibility index (Phi) is 4.13. The Morgan fingerprint density at radius 1 is 1.41 bits per heavy atom. The molecule has 1 aliphatic carbocycles. The number of nitrogens with two attached hydrogens (primary N) is 1. The van der Waals surface area contributed by atoms with E-state index in [4.69, 9.17) is 5.84 Å². The monoisotopic (exact) mass is 233 g/mol. The Bertz CT molecular complexity index is 347. The lowest BCUT2D eigenvalue weighted by atomic mass is 9.77. The minimum absolute atomic E-state index is 0.255. The summed E-state index contributed by atoms with van der Waals surface area (Å²) in [5, 5.41) is 0. The lowest BCUT2D eigenvalue weighted by molar-refractivity contribution is 0.224. The Hall–Kier alpha value is -0.930. The molecule has 0 aromatic carbocycles. The molecule has 0 radical (unpaired) electrons. The number of hydrogen-bond donors (Lipinski definition) is 2. The van der Waals surface area contributed by atoms with Crippen molar-refractivity contribution in [1.82, 2.24) is 10.4 Å². The van der Waals surface area contributed by atoms with Crippen molar-refractivity contribution in [2.24, 2.45) is 17.7 Å². The summed E-state index contributed by atoms with van der Waals surface area (Å²) in [6, 6.07) is 4.46. The van der Waals surface area contributed by atoms with Crippen molar-refractivity contribution in [2.45, 2.75) is 45.6 Å². The van der Waals surface area contributed by atoms with Gasteiger partial charge >= 0.3 is 0 Å². The maximum Gasteiger partial charge on any atom is 0.0503 e. The summed E-state index contributed by atoms with van der Waals surface area (Å²) in [5.41, 5.74) is 5.26. The van der Waals surface area contributed by atoms with Gasteiger partial charge in [-0.05, 0) is 43.2 Å². The zero-order valence-electron chi connectivity index (χ0n) is 10.8. The van der Waals surface area contributed by atoms with E-state index in [1.807, 2.05) is 13.1 Å². The molecule has 3 N–H and O–H groups in total. The summed E-state index contributed by atoms with van der Waals surface area (Å²) in [5.74, 6) is 7.21. The van der Waals surface area contributed by atoms with Gasteiger partial charge in [-0.25, -0.2) is 0 Å². The fourth-order valence-corrected chi connectivity index (χ4v) is 2.95. The summed E-state index contributed by atoms with van der Waals surface area (Å²) in [6.07, 6.45) is 7.18. The topological polar surface area (TPSA) is 50.9 Å². The molecule has 3 atom stereocenters. The molecule has 0 spiro atoms. The molecular formula is C14H23N3. The fraction of sp³-hybridized carbons (Fsp3) is 0.643. The van der Waals surface area contributed by atoms with E-state index in [0.29, 0.717) is 5.92 Å². The first-order valence-corrected chi connectivity index (χ1v) is 6.59. The third-order valence-corrected chi connectivity index (χ3v) is 3.92. The first-order valence-electron chi connectivity index (χ1n) is 6.59. The van der Waals surface area contributed by atoms with Crippen LogP contribution in [0.3, 0.4) is 0 Å². The van der Waals surface area contributed by atoms with E-state index in [9.17, 15) is 0 Å². The number of hydrogen-bond acceptors (Lipinski definition) is 3. The average Bonchev–Trinajstić information content (AvgIpc) is 2.33. The van der Waals surface area contributed by atoms with Crippen LogP contribution in [-0.4, -0.2) is 4.98 Å². The maximum atomic E-state index is 5.74. The van der Waals surface area contributed by atoms with Gasteiger partial charge in [-0.1, -0.05) is 25.8 Å². The Labute approximate surface area is 104 Å². The molecule has 0 amide bonds. The zero-order valence-corrected chi connectivity index (χ0v) is 10.8. The predicted molar refractivity (Wildman–Crippen MR) is 70.2 cm³/mol. The second-order valence-electron chi connectivity index (χ2n) is 5.41. The second kappa shape index (κ2) is 5.61. The number of aryl methyl sites for hydroxylation is 1. The van der Waals surface area contributed by atoms with Gasteiger partial charge in [0, 0.05) is 11.9 Å². The van der Waals surface area contributed by atoms with Crippen LogP contribution in [0, 0.1) is 18.8 Å². The van der Waals surface area contributed by atoms with Gasteiger partial charge in [0.1, 0.15) is 0 Å². The number of nitrogens with one attached hydrogen (secondary N) is 1. The zero-order chi connectivity index (χ0) is 12.3. The van der Waals surface area contributed by atoms with Crippen LogP contribution < -0.4 is 11.3 Å². The summed E-state index contributed by atoms with van der Waals surface area (Å²) < 4.78 is 0. The number of aromatic nitrogens is 1. The predicted octanol–water partition coefficient (Wildman–Crippen LogP) is 2.72. The molecule has 0 aliphatic heterocycles. The molecule has 1 heterocycles. The van der Waals surface area contributed by atoms with Crippen molar-refractivity contribution < 1.29 is 0 Å². The van der Waals surface area contributed by atoms with Gasteiger partial charge < -0.3 is 0 Å². The van der Waals surface area contributed by atoms with Crippen molar-refractivity contribution in [3.05, 3.63) is 29.6 Å². The van der Waals surface area contributed by atoms with Crippen LogP contribution in [0.1, 0.15) is 49.9 Å². The highest BCUT2D eigenvalue weighted by Crippen LogP contribution is 2.36. The van der Waals surface area contributed by atoms with Crippen molar-refractivity contribution in [3.8, 4) is 0 Å². The van der Waals surface area contributed by atoms with E-state index < -0.39 is 0 Å². The third kappa shape index (κ3) is 3.05. The summed E-state index contributed by atoms with van der Waals surface area (Å²) in [4.78, 5) is 4.37. The molecule has 3 unspecified atom stereocenters. The highest BCUT2D eigenvalue weighted by molar-refractivity contribution is 5.18. The average molecular weight is 233 g/mol. The van der Waals surface area contributed by atoms with Gasteiger partial charge in [0.2, 0.25) is 0 Å². The molecule has 0 bridgehead atoms. The van der Waals surface area contributed by atoms with Crippen LogP contribution in [0.2, 0.25) is 0 Å². The molecule has 1 aromatic heterocycles. The number of pyridine rings is 1. The van der Waals surface area contributed by atoms with Crippen molar-refractivity contribution in [3.63, 3.8) is 0 Å². The molecule has 2 rings (SSSR count). The quantitative estimate of drug-likeness (QED) is 0.623. The first kappa shape index (κ1) is 12.5. The standard InChI is InChI=1S/C14H23N3/c1-10-4-3-5-12(8-10)14(17-15)13-7-6-11(2)16-9-13/h6-7,9-10,12,14,17H,3-5,8,15H2,1-2H3. The van der Waals surface area contributed by atoms with Gasteiger partial charge in [-0.3, -0.25) is 16.3 Å². The van der Waals surface area contributed by atoms with E-state index >= 15 is 0 Å². The van der Waals surface area contributed by atoms with Crippen molar-refractivity contribution in [1.29, 1.82) is 0 Å². The molecule has 1 saturated carbocycles. The highest BCUT2D eigenvalue weighted by Gasteiger charge is 2.27. The van der Waals surface area contributed by atoms with E-state index in [2.05, 4.69) is 29.5 Å². The minimum Gasteiger partial charge on any atom is -0.271 e. The van der Waals surface area contributed by atoms with E-state index in [-0.39, 0.29) is 6.04 Å². The molecular weight excluding hydrogens is 210 g/mol. The molecule has 1 aliphatic rings. The minimum atomic E-state index is 0.255. The first-order chi connectivity index (χ1) is 8.20. The number of hydrazine groups is 1. The number of nitrogens with zero attached hydrogens (tertiary/aromatic N) is 1. The van der Waals surface area contributed by atoms with Crippen molar-refractivity contribution in [2.75, 3.05) is 0 Å². The molecule has 1 fully saturated rings. The molecule has 3 heteroatoms. The van der Waals surface area contributed by atoms with Gasteiger partial charge in [-0.15, -0.1) is 0 Å². The SMILES string of the molecule is Cc1ccc(C(NN)C2CCCC(C)C2)cn1. The van der Waals surface area contributed by atoms with Crippen LogP contribution in [0.15, 0.2) is 18.3 Å². The van der Waals surface area contributed by atoms with Gasteiger partial charge in [0.15, 0.2) is 0 Å². The van der Waals surface area contributed by atoms with E-state index in [0.717, 1.165) is 11.6 Å². The van der Waals surface area contributed by atoms with Gasteiger partial charge in [0.25, 0.3) is 0 Å². The molecule has 3 nitrogen and oxygen atoms in total. The van der Waals surface area contributed by atoms with Crippen LogP contribution >= 0.6 is 0 Å². The Balaban J connectivity index is 2.12. The summed E-state index contributed by atoms with van der Waals surface area (Å²) in [7, 11) is 0. The van der Waals surface area contributed by atoms with Crippen LogP contribution in [0.4, 0.5) is 0 Å². The third-order valence-electron chi connectivity index (χ3n) is 3.92. The normalized spacial score (nSPS) is 26.8. The molecule has 1 aromatic rings. The fourth-order valence-electron chi connectivity index (χ4n) is 2.95. The van der Waals surface area contributed by atoms with Crippen LogP contribution in [0.5, 0.6) is 0 Å².